The first-order valence-electron chi connectivity index (χ1n) is 8.85. The molecule has 1 aromatic heterocycles. The average molecular weight is 386 g/mol. The van der Waals surface area contributed by atoms with Gasteiger partial charge in [0, 0.05) is 23.1 Å². The van der Waals surface area contributed by atoms with Gasteiger partial charge < -0.3 is 19.1 Å². The number of likely N-dealkylation sites (N-methyl/N-ethyl adjacent to an activating group) is 1. The summed E-state index contributed by atoms with van der Waals surface area (Å²) in [6.07, 6.45) is 3.23. The molecule has 0 unspecified atom stereocenters. The predicted molar refractivity (Wildman–Crippen MR) is 106 cm³/mol. The van der Waals surface area contributed by atoms with E-state index in [9.17, 15) is 4.79 Å². The third-order valence-electron chi connectivity index (χ3n) is 5.13. The smallest absolute Gasteiger partial charge is 0.249 e. The largest absolute Gasteiger partial charge is 0.493 e. The topological polar surface area (TPSA) is 60.4 Å². The number of aliphatic imine (C=N–C) groups is 1. The minimum atomic E-state index is -0.00128. The molecule has 7 heteroatoms. The summed E-state index contributed by atoms with van der Waals surface area (Å²) >= 11 is 1.71. The van der Waals surface area contributed by atoms with Crippen molar-refractivity contribution < 1.29 is 19.0 Å². The highest BCUT2D eigenvalue weighted by atomic mass is 32.1. The van der Waals surface area contributed by atoms with Crippen LogP contribution in [0.4, 0.5) is 5.00 Å². The third kappa shape index (κ3) is 2.77. The number of amides is 1. The van der Waals surface area contributed by atoms with Gasteiger partial charge in [-0.15, -0.1) is 11.3 Å². The molecule has 142 valence electrons. The quantitative estimate of drug-likeness (QED) is 0.810. The lowest BCUT2D eigenvalue weighted by Gasteiger charge is -2.17. The lowest BCUT2D eigenvalue weighted by atomic mass is 9.98. The molecule has 27 heavy (non-hydrogen) atoms. The highest BCUT2D eigenvalue weighted by molar-refractivity contribution is 7.17. The van der Waals surface area contributed by atoms with Crippen LogP contribution in [0, 0.1) is 0 Å². The van der Waals surface area contributed by atoms with Crippen LogP contribution in [0.5, 0.6) is 17.2 Å². The Kier molecular flexibility index (Phi) is 4.55. The first-order valence-corrected chi connectivity index (χ1v) is 9.67. The van der Waals surface area contributed by atoms with Crippen molar-refractivity contribution in [1.29, 1.82) is 0 Å². The van der Waals surface area contributed by atoms with Crippen LogP contribution in [0.15, 0.2) is 17.1 Å². The molecule has 1 amide bonds. The van der Waals surface area contributed by atoms with Crippen molar-refractivity contribution in [3.8, 4) is 17.2 Å². The summed E-state index contributed by atoms with van der Waals surface area (Å²) in [6, 6.07) is 3.80. The molecule has 4 rings (SSSR count). The van der Waals surface area contributed by atoms with Crippen LogP contribution in [0.3, 0.4) is 0 Å². The van der Waals surface area contributed by atoms with Crippen molar-refractivity contribution in [2.45, 2.75) is 19.3 Å². The summed E-state index contributed by atoms with van der Waals surface area (Å²) < 4.78 is 16.5. The number of thiophene rings is 1. The molecule has 0 saturated carbocycles. The van der Waals surface area contributed by atoms with Gasteiger partial charge in [0.2, 0.25) is 11.7 Å². The van der Waals surface area contributed by atoms with Gasteiger partial charge in [-0.1, -0.05) is 0 Å². The molecule has 1 aliphatic heterocycles. The highest BCUT2D eigenvalue weighted by Gasteiger charge is 2.32. The van der Waals surface area contributed by atoms with E-state index in [1.54, 1.807) is 37.6 Å². The summed E-state index contributed by atoms with van der Waals surface area (Å²) in [6.45, 7) is 0.124. The molecule has 0 atom stereocenters. The number of fused-ring (bicyclic) bond motifs is 3. The number of nitrogens with zero attached hydrogens (tertiary/aromatic N) is 2. The molecule has 2 heterocycles. The summed E-state index contributed by atoms with van der Waals surface area (Å²) in [5, 5.41) is 0.981. The summed E-state index contributed by atoms with van der Waals surface area (Å²) in [4.78, 5) is 20.3. The molecule has 1 aliphatic carbocycles. The Morgan fingerprint density at radius 3 is 2.41 bits per heavy atom. The molecule has 2 aliphatic rings. The van der Waals surface area contributed by atoms with E-state index in [-0.39, 0.29) is 12.5 Å². The maximum Gasteiger partial charge on any atom is 0.249 e. The van der Waals surface area contributed by atoms with E-state index in [4.69, 9.17) is 19.2 Å². The number of rotatable bonds is 4. The minimum Gasteiger partial charge on any atom is -0.493 e. The second-order valence-corrected chi connectivity index (χ2v) is 7.65. The van der Waals surface area contributed by atoms with Crippen molar-refractivity contribution in [3.63, 3.8) is 0 Å². The Morgan fingerprint density at radius 2 is 1.78 bits per heavy atom. The average Bonchev–Trinajstić information content (AvgIpc) is 3.25. The van der Waals surface area contributed by atoms with E-state index < -0.39 is 0 Å². The first-order chi connectivity index (χ1) is 13.1. The van der Waals surface area contributed by atoms with E-state index in [1.807, 2.05) is 19.2 Å². The zero-order valence-electron chi connectivity index (χ0n) is 15.9. The molecule has 0 bridgehead atoms. The van der Waals surface area contributed by atoms with Crippen molar-refractivity contribution in [1.82, 2.24) is 0 Å². The Labute approximate surface area is 162 Å². The number of carbonyl (C=O) groups is 1. The maximum atomic E-state index is 12.5. The fourth-order valence-electron chi connectivity index (χ4n) is 3.77. The van der Waals surface area contributed by atoms with E-state index >= 15 is 0 Å². The first kappa shape index (κ1) is 17.9. The van der Waals surface area contributed by atoms with Gasteiger partial charge in [0.1, 0.15) is 11.5 Å². The van der Waals surface area contributed by atoms with Crippen LogP contribution in [-0.4, -0.2) is 46.5 Å². The zero-order valence-corrected chi connectivity index (χ0v) is 16.7. The summed E-state index contributed by atoms with van der Waals surface area (Å²) in [5.41, 5.74) is 4.09. The molecule has 0 fully saturated rings. The van der Waals surface area contributed by atoms with E-state index in [0.29, 0.717) is 17.2 Å². The van der Waals surface area contributed by atoms with E-state index in [1.165, 1.54) is 10.4 Å². The van der Waals surface area contributed by atoms with Gasteiger partial charge in [-0.2, -0.15) is 0 Å². The molecule has 0 radical (unpaired) electrons. The Balaban J connectivity index is 1.95. The fraction of sp³-hybridized carbons (Fsp3) is 0.400. The van der Waals surface area contributed by atoms with Crippen molar-refractivity contribution >= 4 is 28.0 Å². The standard InChI is InChI=1S/C20H22N2O4S/c1-22-16(23)10-21-18(17-12-6-5-7-15(12)27-20(17)22)11-8-13(24-2)19(26-4)14(9-11)25-3/h8-9H,5-7,10H2,1-4H3. The van der Waals surface area contributed by atoms with Gasteiger partial charge in [0.05, 0.1) is 27.0 Å². The van der Waals surface area contributed by atoms with Crippen LogP contribution in [0.1, 0.15) is 28.0 Å². The number of benzene rings is 1. The van der Waals surface area contributed by atoms with Crippen LogP contribution in [-0.2, 0) is 17.6 Å². The van der Waals surface area contributed by atoms with Gasteiger partial charge >= 0.3 is 0 Å². The lowest BCUT2D eigenvalue weighted by Crippen LogP contribution is -2.27. The van der Waals surface area contributed by atoms with Gasteiger partial charge in [-0.25, -0.2) is 0 Å². The second-order valence-electron chi connectivity index (χ2n) is 6.57. The lowest BCUT2D eigenvalue weighted by molar-refractivity contribution is -0.116. The summed E-state index contributed by atoms with van der Waals surface area (Å²) in [7, 11) is 6.61. The van der Waals surface area contributed by atoms with Crippen LogP contribution in [0.25, 0.3) is 0 Å². The summed E-state index contributed by atoms with van der Waals surface area (Å²) in [5.74, 6) is 1.69. The van der Waals surface area contributed by atoms with Gasteiger partial charge in [0.25, 0.3) is 0 Å². The molecule has 2 aromatic rings. The zero-order chi connectivity index (χ0) is 19.1. The molecule has 0 spiro atoms. The van der Waals surface area contributed by atoms with Gasteiger partial charge in [-0.3, -0.25) is 9.79 Å². The number of ether oxygens (including phenoxy) is 3. The SMILES string of the molecule is COc1cc(C2=NCC(=O)N(C)c3sc4c(c32)CCC4)cc(OC)c1OC. The van der Waals surface area contributed by atoms with Gasteiger partial charge in [0.15, 0.2) is 11.5 Å². The number of methoxy groups -OCH3 is 3. The van der Waals surface area contributed by atoms with Crippen molar-refractivity contribution in [2.75, 3.05) is 39.8 Å². The molecule has 0 saturated heterocycles. The third-order valence-corrected chi connectivity index (χ3v) is 6.50. The molecular weight excluding hydrogens is 364 g/mol. The Hall–Kier alpha value is -2.54. The molecule has 6 nitrogen and oxygen atoms in total. The molecule has 0 N–H and O–H groups in total. The number of aryl methyl sites for hydroxylation is 1. The second kappa shape index (κ2) is 6.88. The van der Waals surface area contributed by atoms with Crippen LogP contribution in [0.2, 0.25) is 0 Å². The number of hydrogen-bond donors (Lipinski definition) is 0. The number of hydrogen-bond acceptors (Lipinski definition) is 6. The maximum absolute atomic E-state index is 12.5. The Morgan fingerprint density at radius 1 is 1.07 bits per heavy atom. The highest BCUT2D eigenvalue weighted by Crippen LogP contribution is 2.45. The van der Waals surface area contributed by atoms with Crippen molar-refractivity contribution in [2.24, 2.45) is 4.99 Å². The predicted octanol–water partition coefficient (Wildman–Crippen LogP) is 3.08. The number of anilines is 1. The van der Waals surface area contributed by atoms with E-state index in [2.05, 4.69) is 0 Å². The fourth-order valence-corrected chi connectivity index (χ4v) is 5.14. The van der Waals surface area contributed by atoms with E-state index in [0.717, 1.165) is 41.1 Å². The van der Waals surface area contributed by atoms with Crippen molar-refractivity contribution in [3.05, 3.63) is 33.7 Å². The van der Waals surface area contributed by atoms with Crippen LogP contribution >= 0.6 is 11.3 Å². The molecular formula is C20H22N2O4S. The monoisotopic (exact) mass is 386 g/mol. The van der Waals surface area contributed by atoms with Crippen LogP contribution < -0.4 is 19.1 Å². The number of carbonyl (C=O) groups excluding carboxylic acids is 1. The minimum absolute atomic E-state index is 0.00128. The molecule has 1 aromatic carbocycles. The Bertz CT molecular complexity index is 923. The normalized spacial score (nSPS) is 15.8. The van der Waals surface area contributed by atoms with Gasteiger partial charge in [-0.05, 0) is 37.0 Å².